The molecule has 0 radical (unpaired) electrons. The number of methoxy groups -OCH3 is 1. The standard InChI is InChI=1S/C18H20F2N4O2S/c1-12-21-15(11-16(22-12)26-2)23-7-9-24(10-8-23)17(25)13-5-3-4-6-14(13)27-18(19)20/h3-6,11,18H,7-10H2,1-2H3. The molecular formula is C18H20F2N4O2S. The Kier molecular flexibility index (Phi) is 6.10. The van der Waals surface area contributed by atoms with E-state index in [4.69, 9.17) is 4.74 Å². The van der Waals surface area contributed by atoms with Crippen molar-refractivity contribution in [3.63, 3.8) is 0 Å². The Morgan fingerprint density at radius 1 is 1.19 bits per heavy atom. The third kappa shape index (κ3) is 4.65. The quantitative estimate of drug-likeness (QED) is 0.727. The average Bonchev–Trinajstić information content (AvgIpc) is 2.67. The minimum Gasteiger partial charge on any atom is -0.481 e. The molecule has 6 nitrogen and oxygen atoms in total. The monoisotopic (exact) mass is 394 g/mol. The molecule has 1 fully saturated rings. The van der Waals surface area contributed by atoms with Crippen LogP contribution in [-0.4, -0.2) is 59.8 Å². The summed E-state index contributed by atoms with van der Waals surface area (Å²) >= 11 is 0.398. The summed E-state index contributed by atoms with van der Waals surface area (Å²) in [7, 11) is 1.55. The normalized spacial score (nSPS) is 14.6. The van der Waals surface area contributed by atoms with E-state index in [1.54, 1.807) is 49.3 Å². The lowest BCUT2D eigenvalue weighted by atomic mass is 10.2. The molecule has 1 aromatic heterocycles. The van der Waals surface area contributed by atoms with Crippen LogP contribution in [0.5, 0.6) is 5.88 Å². The van der Waals surface area contributed by atoms with Crippen molar-refractivity contribution in [2.45, 2.75) is 17.6 Å². The van der Waals surface area contributed by atoms with E-state index in [9.17, 15) is 13.6 Å². The first-order chi connectivity index (χ1) is 13.0. The highest BCUT2D eigenvalue weighted by atomic mass is 32.2. The van der Waals surface area contributed by atoms with E-state index in [2.05, 4.69) is 14.9 Å². The maximum atomic E-state index is 12.8. The van der Waals surface area contributed by atoms with Gasteiger partial charge in [0.15, 0.2) is 0 Å². The number of aryl methyl sites for hydroxylation is 1. The maximum Gasteiger partial charge on any atom is 0.288 e. The predicted molar refractivity (Wildman–Crippen MR) is 99.7 cm³/mol. The molecule has 3 rings (SSSR count). The molecular weight excluding hydrogens is 374 g/mol. The minimum absolute atomic E-state index is 0.227. The van der Waals surface area contributed by atoms with E-state index in [1.807, 2.05) is 0 Å². The van der Waals surface area contributed by atoms with Crippen LogP contribution in [0.25, 0.3) is 0 Å². The van der Waals surface area contributed by atoms with Crippen molar-refractivity contribution in [1.29, 1.82) is 0 Å². The smallest absolute Gasteiger partial charge is 0.288 e. The Balaban J connectivity index is 1.69. The Bertz CT molecular complexity index is 814. The third-order valence-corrected chi connectivity index (χ3v) is 5.02. The SMILES string of the molecule is COc1cc(N2CCN(C(=O)c3ccccc3SC(F)F)CC2)nc(C)n1. The minimum atomic E-state index is -2.56. The van der Waals surface area contributed by atoms with Crippen LogP contribution in [0.15, 0.2) is 35.2 Å². The van der Waals surface area contributed by atoms with Gasteiger partial charge in [-0.25, -0.2) is 4.98 Å². The molecule has 1 aliphatic rings. The predicted octanol–water partition coefficient (Wildman–Crippen LogP) is 3.07. The Morgan fingerprint density at radius 3 is 2.56 bits per heavy atom. The molecule has 144 valence electrons. The summed E-state index contributed by atoms with van der Waals surface area (Å²) in [5.74, 6) is -0.934. The van der Waals surface area contributed by atoms with Crippen LogP contribution >= 0.6 is 11.8 Å². The number of hydrogen-bond donors (Lipinski definition) is 0. The van der Waals surface area contributed by atoms with Crippen molar-refractivity contribution in [3.8, 4) is 5.88 Å². The first kappa shape index (κ1) is 19.3. The molecule has 0 aliphatic carbocycles. The number of carbonyl (C=O) groups excluding carboxylic acids is 1. The van der Waals surface area contributed by atoms with Gasteiger partial charge in [0.1, 0.15) is 11.6 Å². The average molecular weight is 394 g/mol. The van der Waals surface area contributed by atoms with E-state index >= 15 is 0 Å². The van der Waals surface area contributed by atoms with Gasteiger partial charge in [0.25, 0.3) is 11.7 Å². The van der Waals surface area contributed by atoms with Crippen molar-refractivity contribution in [2.24, 2.45) is 0 Å². The second-order valence-electron chi connectivity index (χ2n) is 5.97. The number of alkyl halides is 2. The van der Waals surface area contributed by atoms with Crippen LogP contribution in [0.3, 0.4) is 0 Å². The molecule has 0 unspecified atom stereocenters. The van der Waals surface area contributed by atoms with Crippen molar-refractivity contribution >= 4 is 23.5 Å². The number of carbonyl (C=O) groups is 1. The zero-order valence-electron chi connectivity index (χ0n) is 15.1. The molecule has 2 aromatic rings. The fraction of sp³-hybridized carbons (Fsp3) is 0.389. The lowest BCUT2D eigenvalue weighted by Crippen LogP contribution is -2.49. The molecule has 1 amide bonds. The van der Waals surface area contributed by atoms with Crippen LogP contribution < -0.4 is 9.64 Å². The van der Waals surface area contributed by atoms with Crippen LogP contribution in [0.4, 0.5) is 14.6 Å². The zero-order chi connectivity index (χ0) is 19.4. The van der Waals surface area contributed by atoms with Crippen LogP contribution in [0.2, 0.25) is 0 Å². The van der Waals surface area contributed by atoms with Gasteiger partial charge < -0.3 is 14.5 Å². The first-order valence-corrected chi connectivity index (χ1v) is 9.33. The Labute approximate surface area is 160 Å². The number of thioether (sulfide) groups is 1. The van der Waals surface area contributed by atoms with Gasteiger partial charge in [0, 0.05) is 37.1 Å². The highest BCUT2D eigenvalue weighted by molar-refractivity contribution is 7.99. The molecule has 1 saturated heterocycles. The second kappa shape index (κ2) is 8.51. The molecule has 27 heavy (non-hydrogen) atoms. The lowest BCUT2D eigenvalue weighted by Gasteiger charge is -2.35. The van der Waals surface area contributed by atoms with Gasteiger partial charge in [-0.2, -0.15) is 13.8 Å². The molecule has 0 saturated carbocycles. The number of rotatable bonds is 5. The number of hydrogen-bond acceptors (Lipinski definition) is 6. The van der Waals surface area contributed by atoms with Gasteiger partial charge in [0.2, 0.25) is 5.88 Å². The third-order valence-electron chi connectivity index (χ3n) is 4.23. The van der Waals surface area contributed by atoms with Crippen molar-refractivity contribution in [1.82, 2.24) is 14.9 Å². The zero-order valence-corrected chi connectivity index (χ0v) is 15.9. The van der Waals surface area contributed by atoms with E-state index in [-0.39, 0.29) is 5.91 Å². The lowest BCUT2D eigenvalue weighted by molar-refractivity contribution is 0.0743. The molecule has 0 N–H and O–H groups in total. The van der Waals surface area contributed by atoms with Crippen LogP contribution in [-0.2, 0) is 0 Å². The number of amides is 1. The van der Waals surface area contributed by atoms with E-state index in [1.165, 1.54) is 0 Å². The summed E-state index contributed by atoms with van der Waals surface area (Å²) in [6.45, 7) is 3.95. The molecule has 0 bridgehead atoms. The summed E-state index contributed by atoms with van der Waals surface area (Å²) in [4.78, 5) is 25.4. The number of ether oxygens (including phenoxy) is 1. The number of benzene rings is 1. The molecule has 9 heteroatoms. The van der Waals surface area contributed by atoms with Gasteiger partial charge in [-0.15, -0.1) is 0 Å². The van der Waals surface area contributed by atoms with Crippen LogP contribution in [0.1, 0.15) is 16.2 Å². The number of piperazine rings is 1. The Hall–Kier alpha value is -2.42. The summed E-state index contributed by atoms with van der Waals surface area (Å²) in [5, 5.41) is 0. The topological polar surface area (TPSA) is 58.6 Å². The molecule has 1 aliphatic heterocycles. The molecule has 2 heterocycles. The molecule has 0 spiro atoms. The highest BCUT2D eigenvalue weighted by Crippen LogP contribution is 2.29. The summed E-state index contributed by atoms with van der Waals surface area (Å²) < 4.78 is 30.7. The number of anilines is 1. The first-order valence-electron chi connectivity index (χ1n) is 8.45. The Morgan fingerprint density at radius 2 is 1.89 bits per heavy atom. The van der Waals surface area contributed by atoms with Crippen molar-refractivity contribution in [2.75, 3.05) is 38.2 Å². The van der Waals surface area contributed by atoms with Gasteiger partial charge in [-0.1, -0.05) is 23.9 Å². The van der Waals surface area contributed by atoms with Crippen molar-refractivity contribution in [3.05, 3.63) is 41.7 Å². The van der Waals surface area contributed by atoms with Crippen LogP contribution in [0, 0.1) is 6.92 Å². The van der Waals surface area contributed by atoms with E-state index in [0.29, 0.717) is 60.1 Å². The van der Waals surface area contributed by atoms with Gasteiger partial charge in [-0.3, -0.25) is 4.79 Å². The van der Waals surface area contributed by atoms with E-state index < -0.39 is 5.76 Å². The maximum absolute atomic E-state index is 12.8. The highest BCUT2D eigenvalue weighted by Gasteiger charge is 2.25. The van der Waals surface area contributed by atoms with Crippen molar-refractivity contribution < 1.29 is 18.3 Å². The van der Waals surface area contributed by atoms with Gasteiger partial charge in [0.05, 0.1) is 12.7 Å². The number of halogens is 2. The van der Waals surface area contributed by atoms with Gasteiger partial charge in [-0.05, 0) is 19.1 Å². The fourth-order valence-corrected chi connectivity index (χ4v) is 3.57. The van der Waals surface area contributed by atoms with E-state index in [0.717, 1.165) is 5.82 Å². The van der Waals surface area contributed by atoms with Gasteiger partial charge >= 0.3 is 0 Å². The number of nitrogens with zero attached hydrogens (tertiary/aromatic N) is 4. The second-order valence-corrected chi connectivity index (χ2v) is 7.00. The number of aromatic nitrogens is 2. The fourth-order valence-electron chi connectivity index (χ4n) is 2.94. The summed E-state index contributed by atoms with van der Waals surface area (Å²) in [6, 6.07) is 8.26. The summed E-state index contributed by atoms with van der Waals surface area (Å²) in [6.07, 6.45) is 0. The molecule has 0 atom stereocenters. The molecule has 1 aromatic carbocycles. The summed E-state index contributed by atoms with van der Waals surface area (Å²) in [5.41, 5.74) is 0.316. The largest absolute Gasteiger partial charge is 0.481 e.